The Kier molecular flexibility index (Phi) is 12.6. The van der Waals surface area contributed by atoms with Crippen molar-refractivity contribution in [2.24, 2.45) is 0 Å². The summed E-state index contributed by atoms with van der Waals surface area (Å²) in [5.41, 5.74) is 2.79. The molecule has 1 fully saturated rings. The molecule has 0 spiro atoms. The predicted molar refractivity (Wildman–Crippen MR) is 161 cm³/mol. The molecule has 1 heterocycles. The molecule has 4 rings (SSSR count). The number of halogens is 3. The molecule has 1 saturated heterocycles. The summed E-state index contributed by atoms with van der Waals surface area (Å²) < 4.78 is 34.1. The van der Waals surface area contributed by atoms with Gasteiger partial charge in [0.1, 0.15) is 31.0 Å². The molecular formula is C31H32Cl3NO8. The lowest BCUT2D eigenvalue weighted by molar-refractivity contribution is -0.321. The molecule has 230 valence electrons. The van der Waals surface area contributed by atoms with Crippen LogP contribution in [0, 0.1) is 0 Å². The minimum Gasteiger partial charge on any atom is -0.446 e. The van der Waals surface area contributed by atoms with Crippen molar-refractivity contribution < 1.29 is 38.0 Å². The number of hydrogen-bond donors (Lipinski definition) is 1. The zero-order valence-electron chi connectivity index (χ0n) is 23.3. The normalized spacial score (nSPS) is 22.1. The van der Waals surface area contributed by atoms with E-state index < -0.39 is 46.5 Å². The quantitative estimate of drug-likeness (QED) is 0.248. The SMILES string of the molecule is CO[C@H]1O[C@H](COC(=O)NC(=O)C(Cl)(Cl)Cl)[C@@H](OCc2ccccc2)[C@H](OCc2ccccc2)[C@H]1OCc1ccccc1. The maximum absolute atomic E-state index is 12.4. The van der Waals surface area contributed by atoms with Crippen molar-refractivity contribution in [3.05, 3.63) is 108 Å². The van der Waals surface area contributed by atoms with Gasteiger partial charge in [-0.05, 0) is 16.7 Å². The van der Waals surface area contributed by atoms with Crippen molar-refractivity contribution in [1.29, 1.82) is 0 Å². The molecule has 3 aromatic rings. The number of nitrogens with one attached hydrogen (secondary N) is 1. The highest BCUT2D eigenvalue weighted by atomic mass is 35.6. The lowest BCUT2D eigenvalue weighted by Crippen LogP contribution is -2.61. The molecule has 1 N–H and O–H groups in total. The van der Waals surface area contributed by atoms with Crippen LogP contribution < -0.4 is 5.32 Å². The van der Waals surface area contributed by atoms with Gasteiger partial charge in [-0.1, -0.05) is 126 Å². The van der Waals surface area contributed by atoms with Crippen LogP contribution in [0.15, 0.2) is 91.0 Å². The average molecular weight is 653 g/mol. The average Bonchev–Trinajstić information content (AvgIpc) is 3.02. The molecule has 5 atom stereocenters. The van der Waals surface area contributed by atoms with E-state index in [2.05, 4.69) is 0 Å². The molecule has 43 heavy (non-hydrogen) atoms. The van der Waals surface area contributed by atoms with Crippen molar-refractivity contribution in [1.82, 2.24) is 5.32 Å². The first-order valence-corrected chi connectivity index (χ1v) is 14.6. The Labute approximate surface area is 265 Å². The van der Waals surface area contributed by atoms with Crippen LogP contribution >= 0.6 is 34.8 Å². The molecule has 1 aliphatic rings. The van der Waals surface area contributed by atoms with E-state index in [1.807, 2.05) is 96.3 Å². The Morgan fingerprint density at radius 2 is 1.16 bits per heavy atom. The molecule has 0 unspecified atom stereocenters. The van der Waals surface area contributed by atoms with Crippen molar-refractivity contribution in [3.63, 3.8) is 0 Å². The number of benzene rings is 3. The summed E-state index contributed by atoms with van der Waals surface area (Å²) in [6, 6.07) is 28.9. The number of carbonyl (C=O) groups is 2. The Hall–Kier alpha value is -2.73. The van der Waals surface area contributed by atoms with Gasteiger partial charge in [-0.3, -0.25) is 10.1 Å². The van der Waals surface area contributed by atoms with Gasteiger partial charge in [-0.2, -0.15) is 0 Å². The maximum Gasteiger partial charge on any atom is 0.414 e. The minimum absolute atomic E-state index is 0.206. The van der Waals surface area contributed by atoms with Gasteiger partial charge in [0.05, 0.1) is 19.8 Å². The Balaban J connectivity index is 1.58. The second-order valence-electron chi connectivity index (χ2n) is 9.61. The highest BCUT2D eigenvalue weighted by Crippen LogP contribution is 2.31. The number of ether oxygens (including phenoxy) is 6. The van der Waals surface area contributed by atoms with Crippen LogP contribution in [0.5, 0.6) is 0 Å². The fraction of sp³-hybridized carbons (Fsp3) is 0.355. The third-order valence-corrected chi connectivity index (χ3v) is 7.05. The van der Waals surface area contributed by atoms with Crippen LogP contribution in [0.2, 0.25) is 0 Å². The molecule has 0 saturated carbocycles. The summed E-state index contributed by atoms with van der Waals surface area (Å²) in [5, 5.41) is 1.88. The first-order chi connectivity index (χ1) is 20.7. The third-order valence-electron chi connectivity index (χ3n) is 6.53. The van der Waals surface area contributed by atoms with E-state index in [0.29, 0.717) is 0 Å². The number of imide groups is 1. The van der Waals surface area contributed by atoms with E-state index in [0.717, 1.165) is 16.7 Å². The van der Waals surface area contributed by atoms with E-state index in [-0.39, 0.29) is 26.4 Å². The highest BCUT2D eigenvalue weighted by Gasteiger charge is 2.49. The minimum atomic E-state index is -2.34. The molecule has 0 aromatic heterocycles. The summed E-state index contributed by atoms with van der Waals surface area (Å²) in [4.78, 5) is 24.3. The van der Waals surface area contributed by atoms with Gasteiger partial charge in [0, 0.05) is 7.11 Å². The number of amides is 2. The zero-order chi connectivity index (χ0) is 30.7. The summed E-state index contributed by atoms with van der Waals surface area (Å²) in [6.07, 6.45) is -5.19. The van der Waals surface area contributed by atoms with E-state index in [4.69, 9.17) is 63.2 Å². The van der Waals surface area contributed by atoms with Crippen LogP contribution in [0.1, 0.15) is 16.7 Å². The largest absolute Gasteiger partial charge is 0.446 e. The molecular weight excluding hydrogens is 621 g/mol. The number of methoxy groups -OCH3 is 1. The van der Waals surface area contributed by atoms with Crippen LogP contribution in [-0.2, 0) is 53.0 Å². The van der Waals surface area contributed by atoms with Crippen molar-refractivity contribution in [2.75, 3.05) is 13.7 Å². The predicted octanol–water partition coefficient (Wildman–Crippen LogP) is 5.74. The second-order valence-corrected chi connectivity index (χ2v) is 11.9. The maximum atomic E-state index is 12.4. The fourth-order valence-corrected chi connectivity index (χ4v) is 4.57. The molecule has 12 heteroatoms. The van der Waals surface area contributed by atoms with Crippen molar-refractivity contribution in [2.45, 2.75) is 54.3 Å². The van der Waals surface area contributed by atoms with Crippen molar-refractivity contribution >= 4 is 46.8 Å². The first kappa shape index (κ1) is 33.2. The Morgan fingerprint density at radius 3 is 1.60 bits per heavy atom. The van der Waals surface area contributed by atoms with E-state index in [1.165, 1.54) is 7.11 Å². The summed E-state index contributed by atoms with van der Waals surface area (Å²) in [7, 11) is 1.48. The fourth-order valence-electron chi connectivity index (χ4n) is 4.43. The topological polar surface area (TPSA) is 102 Å². The number of alkyl carbamates (subject to hydrolysis) is 1. The number of rotatable bonds is 12. The Bertz CT molecular complexity index is 1280. The zero-order valence-corrected chi connectivity index (χ0v) is 25.5. The number of carbonyl (C=O) groups excluding carboxylic acids is 2. The van der Waals surface area contributed by atoms with Gasteiger partial charge in [0.25, 0.3) is 9.70 Å². The van der Waals surface area contributed by atoms with Crippen LogP contribution in [0.25, 0.3) is 0 Å². The first-order valence-electron chi connectivity index (χ1n) is 13.4. The number of alkyl halides is 3. The van der Waals surface area contributed by atoms with Crippen LogP contribution in [0.3, 0.4) is 0 Å². The third kappa shape index (κ3) is 10.2. The highest BCUT2D eigenvalue weighted by molar-refractivity contribution is 6.76. The smallest absolute Gasteiger partial charge is 0.414 e. The summed E-state index contributed by atoms with van der Waals surface area (Å²) in [5.74, 6) is -1.16. The van der Waals surface area contributed by atoms with Gasteiger partial charge in [-0.15, -0.1) is 0 Å². The molecule has 1 aliphatic heterocycles. The molecule has 0 bridgehead atoms. The van der Waals surface area contributed by atoms with Gasteiger partial charge < -0.3 is 28.4 Å². The van der Waals surface area contributed by atoms with Crippen LogP contribution in [-0.4, -0.2) is 60.2 Å². The van der Waals surface area contributed by atoms with Crippen molar-refractivity contribution in [3.8, 4) is 0 Å². The van der Waals surface area contributed by atoms with E-state index >= 15 is 0 Å². The van der Waals surface area contributed by atoms with Gasteiger partial charge in [0.15, 0.2) is 6.29 Å². The van der Waals surface area contributed by atoms with E-state index in [9.17, 15) is 9.59 Å². The Morgan fingerprint density at radius 1 is 0.721 bits per heavy atom. The molecule has 0 radical (unpaired) electrons. The molecule has 0 aliphatic carbocycles. The van der Waals surface area contributed by atoms with Crippen LogP contribution in [0.4, 0.5) is 4.79 Å². The van der Waals surface area contributed by atoms with Gasteiger partial charge in [-0.25, -0.2) is 4.79 Å². The molecule has 2 amide bonds. The molecule has 9 nitrogen and oxygen atoms in total. The van der Waals surface area contributed by atoms with E-state index in [1.54, 1.807) is 0 Å². The second kappa shape index (κ2) is 16.4. The van der Waals surface area contributed by atoms with Gasteiger partial charge in [0.2, 0.25) is 0 Å². The summed E-state index contributed by atoms with van der Waals surface area (Å²) in [6.45, 7) is 0.366. The standard InChI is InChI=1S/C31H32Cl3NO8/c1-38-28-27(41-19-23-15-9-4-10-16-23)26(40-18-22-13-7-3-8-14-22)25(39-17-21-11-5-2-6-12-21)24(43-28)20-42-30(37)35-29(36)31(32,33)34/h2-16,24-28H,17-20H2,1H3,(H,35,36,37)/t24-,25-,26+,27-,28+/m1/s1. The molecule has 3 aromatic carbocycles. The van der Waals surface area contributed by atoms with Gasteiger partial charge >= 0.3 is 6.09 Å². The number of hydrogen-bond acceptors (Lipinski definition) is 8. The summed E-state index contributed by atoms with van der Waals surface area (Å²) >= 11 is 16.7. The lowest BCUT2D eigenvalue weighted by atomic mass is 9.98. The monoisotopic (exact) mass is 651 g/mol. The lowest BCUT2D eigenvalue weighted by Gasteiger charge is -2.45.